The fourth-order valence-electron chi connectivity index (χ4n) is 1.53. The summed E-state index contributed by atoms with van der Waals surface area (Å²) in [6, 6.07) is 0. The molecule has 20 heavy (non-hydrogen) atoms. The molecule has 8 heteroatoms. The minimum absolute atomic E-state index is 0.0954. The standard InChI is InChI=1S/C12H22O8/c1-7(13)19-6-9(18-4)11(15)12(16)10(5-17-3)20-8(2)14/h9-12,15-16H,5-6H2,1-4H3/t9-,10-,11+,12+/m0/s1. The van der Waals surface area contributed by atoms with Crippen molar-refractivity contribution < 1.29 is 38.7 Å². The van der Waals surface area contributed by atoms with Crippen molar-refractivity contribution in [3.63, 3.8) is 0 Å². The molecular formula is C12H22O8. The molecule has 0 fully saturated rings. The largest absolute Gasteiger partial charge is 0.463 e. The summed E-state index contributed by atoms with van der Waals surface area (Å²) in [5.74, 6) is -1.16. The van der Waals surface area contributed by atoms with E-state index in [1.165, 1.54) is 28.1 Å². The third kappa shape index (κ3) is 6.80. The van der Waals surface area contributed by atoms with E-state index in [2.05, 4.69) is 0 Å². The maximum Gasteiger partial charge on any atom is 0.303 e. The molecule has 0 bridgehead atoms. The van der Waals surface area contributed by atoms with Gasteiger partial charge >= 0.3 is 11.9 Å². The molecule has 0 heterocycles. The number of aliphatic hydroxyl groups is 2. The van der Waals surface area contributed by atoms with Gasteiger partial charge in [-0.3, -0.25) is 9.59 Å². The van der Waals surface area contributed by atoms with Crippen molar-refractivity contribution in [1.29, 1.82) is 0 Å². The van der Waals surface area contributed by atoms with Gasteiger partial charge in [0.1, 0.15) is 24.9 Å². The van der Waals surface area contributed by atoms with Crippen LogP contribution in [0.4, 0.5) is 0 Å². The molecule has 0 aliphatic heterocycles. The summed E-state index contributed by atoms with van der Waals surface area (Å²) in [5, 5.41) is 20.0. The molecule has 0 aromatic heterocycles. The predicted octanol–water partition coefficient (Wildman–Crippen LogP) is -1.14. The third-order valence-corrected chi connectivity index (χ3v) is 2.51. The van der Waals surface area contributed by atoms with Crippen LogP contribution in [0, 0.1) is 0 Å². The highest BCUT2D eigenvalue weighted by molar-refractivity contribution is 5.66. The molecule has 0 amide bonds. The SMILES string of the molecule is COC[C@H](OC(C)=O)[C@@H](O)[C@H](O)[C@H](COC(C)=O)OC. The molecule has 0 spiro atoms. The quantitative estimate of drug-likeness (QED) is 0.514. The van der Waals surface area contributed by atoms with Gasteiger partial charge in [0.25, 0.3) is 0 Å². The minimum atomic E-state index is -1.45. The Labute approximate surface area is 117 Å². The Kier molecular flexibility index (Phi) is 9.06. The van der Waals surface area contributed by atoms with Crippen LogP contribution in [-0.4, -0.2) is 74.0 Å². The first-order chi connectivity index (χ1) is 9.33. The van der Waals surface area contributed by atoms with Gasteiger partial charge in [-0.05, 0) is 0 Å². The average Bonchev–Trinajstić information content (AvgIpc) is 2.37. The second kappa shape index (κ2) is 9.65. The fraction of sp³-hybridized carbons (Fsp3) is 0.833. The van der Waals surface area contributed by atoms with Crippen LogP contribution in [0.15, 0.2) is 0 Å². The minimum Gasteiger partial charge on any atom is -0.463 e. The number of rotatable bonds is 9. The third-order valence-electron chi connectivity index (χ3n) is 2.51. The van der Waals surface area contributed by atoms with Gasteiger partial charge in [-0.2, -0.15) is 0 Å². The number of methoxy groups -OCH3 is 2. The predicted molar refractivity (Wildman–Crippen MR) is 66.9 cm³/mol. The second-order valence-electron chi connectivity index (χ2n) is 4.16. The van der Waals surface area contributed by atoms with Crippen LogP contribution < -0.4 is 0 Å². The molecule has 0 radical (unpaired) electrons. The van der Waals surface area contributed by atoms with E-state index in [4.69, 9.17) is 18.9 Å². The van der Waals surface area contributed by atoms with Crippen molar-refractivity contribution in [2.45, 2.75) is 38.3 Å². The highest BCUT2D eigenvalue weighted by Gasteiger charge is 2.35. The number of hydrogen-bond acceptors (Lipinski definition) is 8. The van der Waals surface area contributed by atoms with Crippen LogP contribution in [0.5, 0.6) is 0 Å². The van der Waals surface area contributed by atoms with E-state index in [1.54, 1.807) is 0 Å². The maximum absolute atomic E-state index is 10.9. The van der Waals surface area contributed by atoms with Crippen molar-refractivity contribution in [2.24, 2.45) is 0 Å². The topological polar surface area (TPSA) is 112 Å². The van der Waals surface area contributed by atoms with E-state index >= 15 is 0 Å². The van der Waals surface area contributed by atoms with E-state index in [-0.39, 0.29) is 13.2 Å². The van der Waals surface area contributed by atoms with Gasteiger partial charge in [-0.15, -0.1) is 0 Å². The van der Waals surface area contributed by atoms with Crippen LogP contribution >= 0.6 is 0 Å². The summed E-state index contributed by atoms with van der Waals surface area (Å²) >= 11 is 0. The summed E-state index contributed by atoms with van der Waals surface area (Å²) in [7, 11) is 2.66. The van der Waals surface area contributed by atoms with E-state index < -0.39 is 36.4 Å². The average molecular weight is 294 g/mol. The molecule has 118 valence electrons. The molecule has 8 nitrogen and oxygen atoms in total. The summed E-state index contributed by atoms with van der Waals surface area (Å²) in [4.78, 5) is 21.7. The van der Waals surface area contributed by atoms with Crippen molar-refractivity contribution in [3.05, 3.63) is 0 Å². The number of esters is 2. The van der Waals surface area contributed by atoms with Gasteiger partial charge in [0.05, 0.1) is 6.61 Å². The zero-order chi connectivity index (χ0) is 15.7. The van der Waals surface area contributed by atoms with E-state index in [0.717, 1.165) is 0 Å². The first-order valence-electron chi connectivity index (χ1n) is 6.01. The maximum atomic E-state index is 10.9. The zero-order valence-electron chi connectivity index (χ0n) is 12.1. The van der Waals surface area contributed by atoms with Gasteiger partial charge < -0.3 is 29.2 Å². The molecular weight excluding hydrogens is 272 g/mol. The van der Waals surface area contributed by atoms with Crippen molar-refractivity contribution in [1.82, 2.24) is 0 Å². The monoisotopic (exact) mass is 294 g/mol. The molecule has 0 rings (SSSR count). The molecule has 0 aromatic carbocycles. The van der Waals surface area contributed by atoms with Gasteiger partial charge in [0.15, 0.2) is 6.10 Å². The first kappa shape index (κ1) is 18.8. The normalized spacial score (nSPS) is 16.9. The summed E-state index contributed by atoms with van der Waals surface area (Å²) in [6.45, 7) is 2.06. The Morgan fingerprint density at radius 3 is 1.90 bits per heavy atom. The van der Waals surface area contributed by atoms with Crippen LogP contribution in [0.3, 0.4) is 0 Å². The van der Waals surface area contributed by atoms with Gasteiger partial charge in [-0.1, -0.05) is 0 Å². The number of aliphatic hydroxyl groups excluding tert-OH is 2. The fourth-order valence-corrected chi connectivity index (χ4v) is 1.53. The number of hydrogen-bond donors (Lipinski definition) is 2. The summed E-state index contributed by atoms with van der Waals surface area (Å²) in [6.07, 6.45) is -4.87. The summed E-state index contributed by atoms with van der Waals surface area (Å²) < 4.78 is 19.3. The van der Waals surface area contributed by atoms with Gasteiger partial charge in [0.2, 0.25) is 0 Å². The lowest BCUT2D eigenvalue weighted by atomic mass is 10.0. The first-order valence-corrected chi connectivity index (χ1v) is 6.01. The van der Waals surface area contributed by atoms with Crippen molar-refractivity contribution in [2.75, 3.05) is 27.4 Å². The molecule has 4 atom stereocenters. The Balaban J connectivity index is 4.68. The zero-order valence-corrected chi connectivity index (χ0v) is 12.1. The Morgan fingerprint density at radius 2 is 1.50 bits per heavy atom. The van der Waals surface area contributed by atoms with Crippen LogP contribution in [0.2, 0.25) is 0 Å². The van der Waals surface area contributed by atoms with Gasteiger partial charge in [-0.25, -0.2) is 0 Å². The number of carbonyl (C=O) groups is 2. The molecule has 0 saturated heterocycles. The molecule has 0 aromatic rings. The molecule has 0 saturated carbocycles. The summed E-state index contributed by atoms with van der Waals surface area (Å²) in [5.41, 5.74) is 0. The Bertz CT molecular complexity index is 306. The van der Waals surface area contributed by atoms with Crippen LogP contribution in [-0.2, 0) is 28.5 Å². The highest BCUT2D eigenvalue weighted by atomic mass is 16.6. The molecule has 0 unspecified atom stereocenters. The smallest absolute Gasteiger partial charge is 0.303 e. The van der Waals surface area contributed by atoms with E-state index in [0.29, 0.717) is 0 Å². The van der Waals surface area contributed by atoms with Crippen LogP contribution in [0.25, 0.3) is 0 Å². The molecule has 0 aliphatic carbocycles. The lowest BCUT2D eigenvalue weighted by Crippen LogP contribution is -2.49. The van der Waals surface area contributed by atoms with E-state index in [9.17, 15) is 19.8 Å². The lowest BCUT2D eigenvalue weighted by molar-refractivity contribution is -0.174. The second-order valence-corrected chi connectivity index (χ2v) is 4.16. The Hall–Kier alpha value is -1.22. The lowest BCUT2D eigenvalue weighted by Gasteiger charge is -2.29. The van der Waals surface area contributed by atoms with Crippen LogP contribution in [0.1, 0.15) is 13.8 Å². The molecule has 0 aliphatic rings. The van der Waals surface area contributed by atoms with Gasteiger partial charge in [0, 0.05) is 28.1 Å². The Morgan fingerprint density at radius 1 is 0.950 bits per heavy atom. The number of carbonyl (C=O) groups excluding carboxylic acids is 2. The number of ether oxygens (including phenoxy) is 4. The highest BCUT2D eigenvalue weighted by Crippen LogP contribution is 2.12. The molecule has 2 N–H and O–H groups in total. The van der Waals surface area contributed by atoms with Crippen molar-refractivity contribution >= 4 is 11.9 Å². The van der Waals surface area contributed by atoms with Crippen molar-refractivity contribution in [3.8, 4) is 0 Å². The van der Waals surface area contributed by atoms with E-state index in [1.807, 2.05) is 0 Å².